The van der Waals surface area contributed by atoms with Crippen molar-refractivity contribution in [1.29, 1.82) is 0 Å². The first-order chi connectivity index (χ1) is 28.4. The lowest BCUT2D eigenvalue weighted by molar-refractivity contribution is -0.137. The minimum absolute atomic E-state index is 0.0700. The highest BCUT2D eigenvalue weighted by molar-refractivity contribution is 6.31. The van der Waals surface area contributed by atoms with Crippen LogP contribution in [-0.2, 0) is 15.0 Å². The number of aliphatic hydroxyl groups excluding tert-OH is 1. The second kappa shape index (κ2) is 15.4. The van der Waals surface area contributed by atoms with Crippen molar-refractivity contribution in [2.24, 2.45) is 5.41 Å². The molecule has 2 aliphatic heterocycles. The number of carbonyl (C=O) groups is 2. The predicted octanol–water partition coefficient (Wildman–Crippen LogP) is 9.22. The molecule has 2 spiro atoms. The van der Waals surface area contributed by atoms with Crippen LogP contribution in [0.2, 0.25) is 10.2 Å². The van der Waals surface area contributed by atoms with Crippen molar-refractivity contribution in [3.63, 3.8) is 0 Å². The van der Waals surface area contributed by atoms with Gasteiger partial charge in [-0.05, 0) is 97.2 Å². The summed E-state index contributed by atoms with van der Waals surface area (Å²) < 4.78 is 22.7. The molecule has 5 atom stereocenters. The summed E-state index contributed by atoms with van der Waals surface area (Å²) in [6.45, 7) is 4.44. The van der Waals surface area contributed by atoms with Gasteiger partial charge in [-0.3, -0.25) is 14.5 Å². The highest BCUT2D eigenvalue weighted by atomic mass is 35.5. The maximum Gasteiger partial charge on any atom is 0.238 e. The SMILES string of the molecule is CC1(C)CCC2(CC1)N([C@H](c1ccccc1)[C@@H](O)c1ccccc1)[C@@H](C(=O)NC1CCC(c3nnco3)CC1)[C@H](c1ccnc(Cl)c1F)[C@]21C(=O)Nc2cc(Cl)ccc21. The van der Waals surface area contributed by atoms with E-state index in [9.17, 15) is 5.11 Å². The number of aromatic nitrogens is 3. The van der Waals surface area contributed by atoms with Crippen molar-refractivity contribution in [2.45, 2.75) is 112 Å². The van der Waals surface area contributed by atoms with E-state index < -0.39 is 40.9 Å². The van der Waals surface area contributed by atoms with Crippen molar-refractivity contribution in [2.75, 3.05) is 5.32 Å². The minimum Gasteiger partial charge on any atom is -0.428 e. The highest BCUT2D eigenvalue weighted by Crippen LogP contribution is 2.70. The number of benzene rings is 3. The molecule has 5 aromatic rings. The van der Waals surface area contributed by atoms with Gasteiger partial charge in [-0.25, -0.2) is 9.37 Å². The van der Waals surface area contributed by atoms with Crippen LogP contribution in [0.5, 0.6) is 0 Å². The normalized spacial score (nSPS) is 27.0. The summed E-state index contributed by atoms with van der Waals surface area (Å²) in [4.78, 5) is 37.8. The molecule has 4 heterocycles. The Hall–Kier alpha value is -4.68. The lowest BCUT2D eigenvalue weighted by atomic mass is 9.53. The van der Waals surface area contributed by atoms with Crippen LogP contribution in [0.15, 0.2) is 102 Å². The van der Waals surface area contributed by atoms with Gasteiger partial charge in [-0.1, -0.05) is 104 Å². The van der Waals surface area contributed by atoms with Gasteiger partial charge < -0.3 is 20.2 Å². The molecule has 2 amide bonds. The van der Waals surface area contributed by atoms with Crippen LogP contribution in [0.25, 0.3) is 0 Å². The van der Waals surface area contributed by atoms with Gasteiger partial charge in [-0.15, -0.1) is 10.2 Å². The van der Waals surface area contributed by atoms with Crippen molar-refractivity contribution in [3.05, 3.63) is 142 Å². The monoisotopic (exact) mass is 836 g/mol. The molecule has 306 valence electrons. The number of hydrogen-bond donors (Lipinski definition) is 3. The number of fused-ring (bicyclic) bond motifs is 3. The molecule has 9 rings (SSSR count). The summed E-state index contributed by atoms with van der Waals surface area (Å²) in [7, 11) is 0. The van der Waals surface area contributed by atoms with Crippen molar-refractivity contribution in [1.82, 2.24) is 25.4 Å². The molecule has 10 nitrogen and oxygen atoms in total. The van der Waals surface area contributed by atoms with Crippen molar-refractivity contribution in [3.8, 4) is 0 Å². The fraction of sp³-hybridized carbons (Fsp3) is 0.413. The molecule has 0 unspecified atom stereocenters. The van der Waals surface area contributed by atoms with E-state index >= 15 is 14.0 Å². The zero-order chi connectivity index (χ0) is 41.1. The zero-order valence-corrected chi connectivity index (χ0v) is 34.5. The first kappa shape index (κ1) is 39.8. The van der Waals surface area contributed by atoms with E-state index in [4.69, 9.17) is 27.6 Å². The standard InChI is InChI=1S/C46H47Cl2FN6O4/c1-44(2)20-22-45(23-21-44)46(33-18-15-30(47)25-34(33)53-43(46)58)35(32-19-24-50-40(48)36(32)49)38(41(57)52-31-16-13-29(14-17-31)42-54-51-26-59-42)55(45)37(27-9-5-3-6-10-27)39(56)28-11-7-4-8-12-28/h3-12,15,18-19,24-26,29,31,35,37-39,56H,13-14,16-17,20-23H2,1-2H3,(H,52,57)(H,53,58)/t29?,31?,35-,37+,38+,39-,46+/m0/s1. The fourth-order valence-corrected chi connectivity index (χ4v) is 11.5. The molecule has 13 heteroatoms. The van der Waals surface area contributed by atoms with Gasteiger partial charge in [-0.2, -0.15) is 0 Å². The molecule has 3 N–H and O–H groups in total. The number of amides is 2. The smallest absolute Gasteiger partial charge is 0.238 e. The molecule has 0 radical (unpaired) electrons. The molecule has 2 aliphatic carbocycles. The molecule has 2 aromatic heterocycles. The first-order valence-corrected chi connectivity index (χ1v) is 21.2. The van der Waals surface area contributed by atoms with Gasteiger partial charge in [0.1, 0.15) is 5.41 Å². The van der Waals surface area contributed by atoms with Gasteiger partial charge in [0.15, 0.2) is 11.0 Å². The summed E-state index contributed by atoms with van der Waals surface area (Å²) in [6, 6.07) is 23.7. The van der Waals surface area contributed by atoms with Crippen LogP contribution in [0.1, 0.15) is 117 Å². The summed E-state index contributed by atoms with van der Waals surface area (Å²) >= 11 is 13.2. The van der Waals surface area contributed by atoms with Gasteiger partial charge in [0, 0.05) is 40.3 Å². The molecule has 3 aromatic carbocycles. The zero-order valence-electron chi connectivity index (χ0n) is 33.0. The molecule has 2 saturated carbocycles. The molecule has 3 fully saturated rings. The number of anilines is 1. The van der Waals surface area contributed by atoms with E-state index in [1.54, 1.807) is 18.2 Å². The second-order valence-electron chi connectivity index (χ2n) is 17.5. The number of likely N-dealkylation sites (tertiary alicyclic amines) is 1. The lowest BCUT2D eigenvalue weighted by Crippen LogP contribution is -2.64. The number of nitrogens with zero attached hydrogens (tertiary/aromatic N) is 4. The van der Waals surface area contributed by atoms with Crippen LogP contribution in [-0.4, -0.2) is 54.6 Å². The number of halogens is 3. The van der Waals surface area contributed by atoms with Crippen molar-refractivity contribution >= 4 is 40.7 Å². The summed E-state index contributed by atoms with van der Waals surface area (Å²) in [5.41, 5.74) is -0.162. The molecular formula is C46H47Cl2FN6O4. The Kier molecular flexibility index (Phi) is 10.4. The minimum atomic E-state index is -1.56. The number of carbonyl (C=O) groups excluding carboxylic acids is 2. The quantitative estimate of drug-likeness (QED) is 0.132. The Morgan fingerprint density at radius 3 is 2.29 bits per heavy atom. The Balaban J connectivity index is 1.31. The lowest BCUT2D eigenvalue weighted by Gasteiger charge is -2.56. The number of nitrogens with one attached hydrogen (secondary N) is 2. The molecule has 59 heavy (non-hydrogen) atoms. The molecule has 4 aliphatic rings. The van der Waals surface area contributed by atoms with Crippen LogP contribution in [0.3, 0.4) is 0 Å². The van der Waals surface area contributed by atoms with Gasteiger partial charge in [0.2, 0.25) is 24.1 Å². The van der Waals surface area contributed by atoms with Gasteiger partial charge in [0.25, 0.3) is 0 Å². The van der Waals surface area contributed by atoms with Crippen LogP contribution in [0, 0.1) is 11.2 Å². The number of aliphatic hydroxyl groups is 1. The van der Waals surface area contributed by atoms with E-state index in [1.165, 1.54) is 12.6 Å². The summed E-state index contributed by atoms with van der Waals surface area (Å²) in [6.07, 6.45) is 6.67. The number of rotatable bonds is 8. The van der Waals surface area contributed by atoms with Crippen molar-refractivity contribution < 1.29 is 23.5 Å². The molecule has 0 bridgehead atoms. The van der Waals surface area contributed by atoms with E-state index in [2.05, 4.69) is 44.6 Å². The third-order valence-electron chi connectivity index (χ3n) is 13.9. The van der Waals surface area contributed by atoms with E-state index in [1.807, 2.05) is 66.7 Å². The third kappa shape index (κ3) is 6.56. The summed E-state index contributed by atoms with van der Waals surface area (Å²) in [5, 5.41) is 27.6. The Bertz CT molecular complexity index is 2330. The average Bonchev–Trinajstić information content (AvgIpc) is 3.94. The predicted molar refractivity (Wildman–Crippen MR) is 222 cm³/mol. The number of pyridine rings is 1. The molecule has 1 saturated heterocycles. The maximum absolute atomic E-state index is 17.1. The topological polar surface area (TPSA) is 133 Å². The Labute approximate surface area is 352 Å². The molecular weight excluding hydrogens is 790 g/mol. The van der Waals surface area contributed by atoms with Crippen LogP contribution >= 0.6 is 23.2 Å². The highest BCUT2D eigenvalue weighted by Gasteiger charge is 2.77. The first-order valence-electron chi connectivity index (χ1n) is 20.5. The third-order valence-corrected chi connectivity index (χ3v) is 14.4. The van der Waals surface area contributed by atoms with Crippen LogP contribution < -0.4 is 10.6 Å². The van der Waals surface area contributed by atoms with Crippen LogP contribution in [0.4, 0.5) is 10.1 Å². The van der Waals surface area contributed by atoms with E-state index in [0.717, 1.165) is 18.4 Å². The largest absolute Gasteiger partial charge is 0.428 e. The number of hydrogen-bond acceptors (Lipinski definition) is 8. The van der Waals surface area contributed by atoms with E-state index in [0.29, 0.717) is 66.3 Å². The second-order valence-corrected chi connectivity index (χ2v) is 18.3. The fourth-order valence-electron chi connectivity index (χ4n) is 11.1. The summed E-state index contributed by atoms with van der Waals surface area (Å²) in [5.74, 6) is -1.98. The maximum atomic E-state index is 17.1. The Morgan fingerprint density at radius 2 is 1.63 bits per heavy atom. The van der Waals surface area contributed by atoms with E-state index in [-0.39, 0.29) is 39.9 Å². The average molecular weight is 838 g/mol. The Morgan fingerprint density at radius 1 is 0.949 bits per heavy atom. The van der Waals surface area contributed by atoms with Gasteiger partial charge in [0.05, 0.1) is 18.2 Å². The van der Waals surface area contributed by atoms with Gasteiger partial charge >= 0.3 is 0 Å².